The summed E-state index contributed by atoms with van der Waals surface area (Å²) in [5.74, 6) is 0.369. The molecule has 0 spiro atoms. The summed E-state index contributed by atoms with van der Waals surface area (Å²) < 4.78 is 10.7. The second-order valence-electron chi connectivity index (χ2n) is 3.89. The van der Waals surface area contributed by atoms with Crippen molar-refractivity contribution >= 4 is 5.97 Å². The van der Waals surface area contributed by atoms with Gasteiger partial charge in [-0.2, -0.15) is 0 Å². The average Bonchev–Trinajstić information content (AvgIpc) is 2.97. The maximum Gasteiger partial charge on any atom is 0.371 e. The van der Waals surface area contributed by atoms with Gasteiger partial charge in [-0.25, -0.2) is 4.79 Å². The monoisotopic (exact) mass is 230 g/mol. The molecular weight excluding hydrogens is 220 g/mol. The largest absolute Gasteiger partial charge is 0.493 e. The van der Waals surface area contributed by atoms with Crippen molar-refractivity contribution in [3.8, 4) is 17.1 Å². The first-order valence-electron chi connectivity index (χ1n) is 5.33. The van der Waals surface area contributed by atoms with Crippen LogP contribution in [-0.2, 0) is 6.42 Å². The normalized spacial score (nSPS) is 13.2. The summed E-state index contributed by atoms with van der Waals surface area (Å²) in [5.41, 5.74) is 2.01. The van der Waals surface area contributed by atoms with Crippen LogP contribution in [0.5, 0.6) is 5.75 Å². The van der Waals surface area contributed by atoms with Crippen LogP contribution in [0.1, 0.15) is 16.1 Å². The van der Waals surface area contributed by atoms with Crippen LogP contribution in [-0.4, -0.2) is 17.7 Å². The lowest BCUT2D eigenvalue weighted by molar-refractivity contribution is 0.0663. The molecule has 86 valence electrons. The first kappa shape index (κ1) is 9.96. The molecule has 0 atom stereocenters. The van der Waals surface area contributed by atoms with Gasteiger partial charge in [-0.1, -0.05) is 0 Å². The van der Waals surface area contributed by atoms with Gasteiger partial charge in [-0.15, -0.1) is 0 Å². The molecule has 3 rings (SSSR count). The maximum atomic E-state index is 10.7. The lowest BCUT2D eigenvalue weighted by Gasteiger charge is -2.01. The van der Waals surface area contributed by atoms with Gasteiger partial charge in [0.05, 0.1) is 6.61 Å². The van der Waals surface area contributed by atoms with Gasteiger partial charge in [0, 0.05) is 12.0 Å². The SMILES string of the molecule is O=C(O)c1ccc(-c2ccc3c(c2)CCO3)o1. The predicted octanol–water partition coefficient (Wildman–Crippen LogP) is 2.58. The van der Waals surface area contributed by atoms with Crippen molar-refractivity contribution in [2.75, 3.05) is 6.61 Å². The third-order valence-corrected chi connectivity index (χ3v) is 2.79. The predicted molar refractivity (Wildman–Crippen MR) is 60.3 cm³/mol. The molecule has 1 aromatic heterocycles. The zero-order chi connectivity index (χ0) is 11.8. The van der Waals surface area contributed by atoms with Crippen LogP contribution in [0.2, 0.25) is 0 Å². The number of rotatable bonds is 2. The standard InChI is InChI=1S/C13H10O4/c14-13(15)12-4-3-11(17-12)8-1-2-10-9(7-8)5-6-16-10/h1-4,7H,5-6H2,(H,14,15). The Morgan fingerprint density at radius 3 is 2.88 bits per heavy atom. The van der Waals surface area contributed by atoms with Crippen molar-refractivity contribution in [1.29, 1.82) is 0 Å². The van der Waals surface area contributed by atoms with Gasteiger partial charge >= 0.3 is 5.97 Å². The quantitative estimate of drug-likeness (QED) is 0.861. The summed E-state index contributed by atoms with van der Waals surface area (Å²) in [4.78, 5) is 10.7. The number of carboxylic acid groups (broad SMARTS) is 1. The van der Waals surface area contributed by atoms with E-state index in [2.05, 4.69) is 0 Å². The molecule has 4 nitrogen and oxygen atoms in total. The highest BCUT2D eigenvalue weighted by atomic mass is 16.5. The molecule has 0 saturated heterocycles. The van der Waals surface area contributed by atoms with E-state index in [1.165, 1.54) is 6.07 Å². The molecule has 0 saturated carbocycles. The highest BCUT2D eigenvalue weighted by Gasteiger charge is 2.15. The number of hydrogen-bond acceptors (Lipinski definition) is 3. The van der Waals surface area contributed by atoms with E-state index in [1.54, 1.807) is 6.07 Å². The smallest absolute Gasteiger partial charge is 0.371 e. The highest BCUT2D eigenvalue weighted by Crippen LogP contribution is 2.31. The summed E-state index contributed by atoms with van der Waals surface area (Å²) in [7, 11) is 0. The molecule has 1 aromatic carbocycles. The first-order chi connectivity index (χ1) is 8.24. The fraction of sp³-hybridized carbons (Fsp3) is 0.154. The molecule has 17 heavy (non-hydrogen) atoms. The van der Waals surface area contributed by atoms with Crippen molar-refractivity contribution in [3.05, 3.63) is 41.7 Å². The minimum atomic E-state index is -1.05. The number of aromatic carboxylic acids is 1. The number of carboxylic acids is 1. The number of ether oxygens (including phenoxy) is 1. The Bertz CT molecular complexity index is 583. The Labute approximate surface area is 97.4 Å². The molecule has 1 aliphatic heterocycles. The lowest BCUT2D eigenvalue weighted by atomic mass is 10.1. The van der Waals surface area contributed by atoms with Crippen LogP contribution in [0.15, 0.2) is 34.7 Å². The van der Waals surface area contributed by atoms with Crippen LogP contribution in [0.4, 0.5) is 0 Å². The third-order valence-electron chi connectivity index (χ3n) is 2.79. The molecular formula is C13H10O4. The molecule has 0 bridgehead atoms. The summed E-state index contributed by atoms with van der Waals surface area (Å²) >= 11 is 0. The van der Waals surface area contributed by atoms with Gasteiger partial charge < -0.3 is 14.3 Å². The second-order valence-corrected chi connectivity index (χ2v) is 3.89. The number of carbonyl (C=O) groups is 1. The highest BCUT2D eigenvalue weighted by molar-refractivity contribution is 5.85. The fourth-order valence-electron chi connectivity index (χ4n) is 1.95. The van der Waals surface area contributed by atoms with Gasteiger partial charge in [0.2, 0.25) is 5.76 Å². The number of benzene rings is 1. The van der Waals surface area contributed by atoms with E-state index < -0.39 is 5.97 Å². The summed E-state index contributed by atoms with van der Waals surface area (Å²) in [6, 6.07) is 8.87. The zero-order valence-electron chi connectivity index (χ0n) is 8.97. The molecule has 1 N–H and O–H groups in total. The van der Waals surface area contributed by atoms with Crippen molar-refractivity contribution in [2.24, 2.45) is 0 Å². The van der Waals surface area contributed by atoms with E-state index in [9.17, 15) is 4.79 Å². The molecule has 2 heterocycles. The van der Waals surface area contributed by atoms with Gasteiger partial charge in [-0.3, -0.25) is 0 Å². The fourth-order valence-corrected chi connectivity index (χ4v) is 1.95. The van der Waals surface area contributed by atoms with Crippen LogP contribution in [0.25, 0.3) is 11.3 Å². The van der Waals surface area contributed by atoms with E-state index in [1.807, 2.05) is 18.2 Å². The number of fused-ring (bicyclic) bond motifs is 1. The molecule has 0 radical (unpaired) electrons. The number of hydrogen-bond donors (Lipinski definition) is 1. The van der Waals surface area contributed by atoms with E-state index in [-0.39, 0.29) is 5.76 Å². The van der Waals surface area contributed by atoms with Gasteiger partial charge in [0.25, 0.3) is 0 Å². The summed E-state index contributed by atoms with van der Waals surface area (Å²) in [6.07, 6.45) is 0.885. The summed E-state index contributed by atoms with van der Waals surface area (Å²) in [5, 5.41) is 8.79. The van der Waals surface area contributed by atoms with Crippen LogP contribution in [0.3, 0.4) is 0 Å². The lowest BCUT2D eigenvalue weighted by Crippen LogP contribution is -1.91. The average molecular weight is 230 g/mol. The zero-order valence-corrected chi connectivity index (χ0v) is 8.97. The number of furan rings is 1. The molecule has 0 amide bonds. The van der Waals surface area contributed by atoms with Gasteiger partial charge in [-0.05, 0) is 35.9 Å². The summed E-state index contributed by atoms with van der Waals surface area (Å²) in [6.45, 7) is 0.706. The van der Waals surface area contributed by atoms with E-state index in [4.69, 9.17) is 14.3 Å². The van der Waals surface area contributed by atoms with Crippen LogP contribution in [0, 0.1) is 0 Å². The van der Waals surface area contributed by atoms with E-state index >= 15 is 0 Å². The van der Waals surface area contributed by atoms with Gasteiger partial charge in [0.1, 0.15) is 11.5 Å². The van der Waals surface area contributed by atoms with E-state index in [0.29, 0.717) is 12.4 Å². The molecule has 0 fully saturated rings. The maximum absolute atomic E-state index is 10.7. The van der Waals surface area contributed by atoms with Crippen LogP contribution < -0.4 is 4.74 Å². The first-order valence-corrected chi connectivity index (χ1v) is 5.33. The third kappa shape index (κ3) is 1.67. The molecule has 1 aliphatic rings. The Morgan fingerprint density at radius 2 is 2.12 bits per heavy atom. The topological polar surface area (TPSA) is 59.7 Å². The van der Waals surface area contributed by atoms with Crippen molar-refractivity contribution < 1.29 is 19.1 Å². The Balaban J connectivity index is 2.00. The molecule has 0 unspecified atom stereocenters. The van der Waals surface area contributed by atoms with Crippen LogP contribution >= 0.6 is 0 Å². The molecule has 2 aromatic rings. The molecule has 0 aliphatic carbocycles. The minimum Gasteiger partial charge on any atom is -0.493 e. The van der Waals surface area contributed by atoms with Gasteiger partial charge in [0.15, 0.2) is 0 Å². The van der Waals surface area contributed by atoms with Crippen molar-refractivity contribution in [3.63, 3.8) is 0 Å². The second kappa shape index (κ2) is 3.66. The minimum absolute atomic E-state index is 0.0447. The molecule has 4 heteroatoms. The Hall–Kier alpha value is -2.23. The Morgan fingerprint density at radius 1 is 1.24 bits per heavy atom. The van der Waals surface area contributed by atoms with E-state index in [0.717, 1.165) is 23.3 Å². The van der Waals surface area contributed by atoms with Crippen molar-refractivity contribution in [1.82, 2.24) is 0 Å². The Kier molecular flexibility index (Phi) is 2.14. The van der Waals surface area contributed by atoms with Crippen molar-refractivity contribution in [2.45, 2.75) is 6.42 Å².